The van der Waals surface area contributed by atoms with E-state index in [1.807, 2.05) is 43.3 Å². The van der Waals surface area contributed by atoms with Crippen LogP contribution in [0.2, 0.25) is 0 Å². The fraction of sp³-hybridized carbons (Fsp3) is 0.308. The van der Waals surface area contributed by atoms with Gasteiger partial charge in [0, 0.05) is 24.4 Å². The number of ether oxygens (including phenoxy) is 1. The number of carbonyl (C=O) groups is 2. The minimum atomic E-state index is -0.458. The van der Waals surface area contributed by atoms with Crippen LogP contribution in [0.5, 0.6) is 0 Å². The molecule has 2 aromatic heterocycles. The number of benzene rings is 1. The molecule has 3 aromatic rings. The molecular weight excluding hydrogens is 432 g/mol. The molecule has 5 rings (SSSR count). The lowest BCUT2D eigenvalue weighted by atomic mass is 10.0. The molecule has 2 aliphatic heterocycles. The normalized spacial score (nSPS) is 18.4. The third-order valence-corrected chi connectivity index (χ3v) is 6.26. The molecule has 1 atom stereocenters. The van der Waals surface area contributed by atoms with E-state index in [9.17, 15) is 14.4 Å². The van der Waals surface area contributed by atoms with Crippen LogP contribution in [0.15, 0.2) is 65.7 Å². The Balaban J connectivity index is 1.70. The Morgan fingerprint density at radius 1 is 1.03 bits per heavy atom. The molecule has 2 aliphatic rings. The smallest absolute Gasteiger partial charge is 0.327 e. The first-order chi connectivity index (χ1) is 16.6. The van der Waals surface area contributed by atoms with Crippen LogP contribution in [0.25, 0.3) is 17.0 Å². The van der Waals surface area contributed by atoms with E-state index >= 15 is 0 Å². The van der Waals surface area contributed by atoms with E-state index in [2.05, 4.69) is 5.10 Å². The highest BCUT2D eigenvalue weighted by atomic mass is 16.5. The van der Waals surface area contributed by atoms with E-state index in [0.717, 1.165) is 19.3 Å². The van der Waals surface area contributed by atoms with Gasteiger partial charge in [-0.25, -0.2) is 4.68 Å². The zero-order chi connectivity index (χ0) is 23.7. The molecule has 174 valence electrons. The predicted octanol–water partition coefficient (Wildman–Crippen LogP) is 2.32. The van der Waals surface area contributed by atoms with Crippen molar-refractivity contribution in [3.05, 3.63) is 82.5 Å². The average Bonchev–Trinajstić information content (AvgIpc) is 3.55. The zero-order valence-electron chi connectivity index (χ0n) is 19.1. The van der Waals surface area contributed by atoms with Gasteiger partial charge in [-0.2, -0.15) is 4.57 Å². The fourth-order valence-corrected chi connectivity index (χ4v) is 4.66. The number of carbonyl (C=O) groups excluding carboxylic acids is 2. The zero-order valence-corrected chi connectivity index (χ0v) is 19.1. The first-order valence-corrected chi connectivity index (χ1v) is 11.7. The summed E-state index contributed by atoms with van der Waals surface area (Å²) in [6, 6.07) is 14.6. The Kier molecular flexibility index (Phi) is 5.98. The van der Waals surface area contributed by atoms with Gasteiger partial charge in [0.15, 0.2) is 12.4 Å². The molecule has 34 heavy (non-hydrogen) atoms. The molecule has 0 aliphatic carbocycles. The molecule has 4 heterocycles. The number of nitrogens with zero attached hydrogens (tertiary/aromatic N) is 3. The molecular formula is C26H27N4O4+. The van der Waals surface area contributed by atoms with Crippen molar-refractivity contribution in [3.63, 3.8) is 0 Å². The van der Waals surface area contributed by atoms with Gasteiger partial charge in [0.2, 0.25) is 0 Å². The number of aromatic amines is 1. The monoisotopic (exact) mass is 459 g/mol. The Morgan fingerprint density at radius 2 is 1.76 bits per heavy atom. The molecule has 8 heteroatoms. The van der Waals surface area contributed by atoms with Crippen LogP contribution in [0.3, 0.4) is 0 Å². The number of para-hydroxylation sites is 1. The highest BCUT2D eigenvalue weighted by Crippen LogP contribution is 2.31. The number of hydrogen-bond acceptors (Lipinski definition) is 4. The summed E-state index contributed by atoms with van der Waals surface area (Å²) in [4.78, 5) is 42.3. The maximum atomic E-state index is 13.8. The largest absolute Gasteiger partial charge is 0.376 e. The van der Waals surface area contributed by atoms with Crippen LogP contribution in [0, 0.1) is 0 Å². The Labute approximate surface area is 197 Å². The number of amides is 2. The maximum absolute atomic E-state index is 13.8. The Morgan fingerprint density at radius 3 is 2.44 bits per heavy atom. The molecule has 0 radical (unpaired) electrons. The first kappa shape index (κ1) is 22.0. The number of rotatable bonds is 7. The van der Waals surface area contributed by atoms with Crippen molar-refractivity contribution in [1.29, 1.82) is 0 Å². The topological polar surface area (TPSA) is 88.3 Å². The number of aromatic nitrogens is 3. The summed E-state index contributed by atoms with van der Waals surface area (Å²) in [5.41, 5.74) is 1.54. The standard InChI is InChI=1S/C26H26N4O4/c1-2-10-20-21(25(32)30(27-20)18-11-5-3-6-12-18)22-23(28-14-7-4-8-15-28)26(33)29(24(22)31)17-19-13-9-16-34-19/h3-8,11-12,14-15,19H,2,9-10,13,16-17H2,1H3/p+1. The van der Waals surface area contributed by atoms with Crippen LogP contribution < -0.4 is 10.1 Å². The fourth-order valence-electron chi connectivity index (χ4n) is 4.66. The van der Waals surface area contributed by atoms with Crippen molar-refractivity contribution in [2.45, 2.75) is 38.7 Å². The van der Waals surface area contributed by atoms with Crippen molar-refractivity contribution in [3.8, 4) is 5.69 Å². The van der Waals surface area contributed by atoms with E-state index in [0.29, 0.717) is 24.4 Å². The van der Waals surface area contributed by atoms with E-state index < -0.39 is 11.8 Å². The molecule has 1 unspecified atom stereocenters. The first-order valence-electron chi connectivity index (χ1n) is 11.7. The van der Waals surface area contributed by atoms with Gasteiger partial charge >= 0.3 is 5.91 Å². The second kappa shape index (κ2) is 9.23. The number of pyridine rings is 1. The molecule has 0 spiro atoms. The van der Waals surface area contributed by atoms with E-state index in [4.69, 9.17) is 4.74 Å². The third-order valence-electron chi connectivity index (χ3n) is 6.26. The molecule has 1 saturated heterocycles. The summed E-state index contributed by atoms with van der Waals surface area (Å²) in [6.07, 6.45) is 6.29. The van der Waals surface area contributed by atoms with Gasteiger partial charge < -0.3 is 4.74 Å². The average molecular weight is 460 g/mol. The van der Waals surface area contributed by atoms with E-state index in [1.165, 1.54) is 9.58 Å². The summed E-state index contributed by atoms with van der Waals surface area (Å²) >= 11 is 0. The number of aryl methyl sites for hydroxylation is 1. The van der Waals surface area contributed by atoms with Gasteiger partial charge in [0.05, 0.1) is 23.9 Å². The maximum Gasteiger partial charge on any atom is 0.327 e. The SMILES string of the molecule is CCCc1[nH]n(-c2ccccc2)c(=O)c1C1=C([n+]2ccccc2)C(=O)N(CC2CCCO2)C1=O. The lowest BCUT2D eigenvalue weighted by molar-refractivity contribution is -0.576. The van der Waals surface area contributed by atoms with Crippen LogP contribution in [0.4, 0.5) is 0 Å². The summed E-state index contributed by atoms with van der Waals surface area (Å²) in [5, 5.41) is 3.19. The quantitative estimate of drug-likeness (QED) is 0.434. The van der Waals surface area contributed by atoms with Crippen LogP contribution in [0.1, 0.15) is 37.4 Å². The third kappa shape index (κ3) is 3.80. The van der Waals surface area contributed by atoms with Crippen LogP contribution in [-0.4, -0.2) is 45.8 Å². The van der Waals surface area contributed by atoms with Gasteiger partial charge in [-0.3, -0.25) is 24.4 Å². The lowest BCUT2D eigenvalue weighted by Crippen LogP contribution is -2.42. The molecule has 0 saturated carbocycles. The number of H-pyrrole nitrogens is 1. The highest BCUT2D eigenvalue weighted by Gasteiger charge is 2.48. The van der Waals surface area contributed by atoms with Gasteiger partial charge in [-0.05, 0) is 31.4 Å². The molecule has 1 aromatic carbocycles. The Hall–Kier alpha value is -3.78. The highest BCUT2D eigenvalue weighted by molar-refractivity contribution is 6.44. The van der Waals surface area contributed by atoms with Crippen LogP contribution in [-0.2, 0) is 20.7 Å². The summed E-state index contributed by atoms with van der Waals surface area (Å²) in [7, 11) is 0. The second-order valence-corrected chi connectivity index (χ2v) is 8.55. The molecule has 8 nitrogen and oxygen atoms in total. The summed E-state index contributed by atoms with van der Waals surface area (Å²) in [5.74, 6) is -0.874. The van der Waals surface area contributed by atoms with Crippen molar-refractivity contribution in [2.75, 3.05) is 13.2 Å². The van der Waals surface area contributed by atoms with Gasteiger partial charge in [0.25, 0.3) is 17.2 Å². The molecule has 1 fully saturated rings. The lowest BCUT2D eigenvalue weighted by Gasteiger charge is -2.18. The minimum absolute atomic E-state index is 0.138. The van der Waals surface area contributed by atoms with Crippen molar-refractivity contribution in [1.82, 2.24) is 14.7 Å². The van der Waals surface area contributed by atoms with Gasteiger partial charge in [-0.1, -0.05) is 37.6 Å². The number of hydrogen-bond donors (Lipinski definition) is 1. The minimum Gasteiger partial charge on any atom is -0.376 e. The predicted molar refractivity (Wildman–Crippen MR) is 126 cm³/mol. The van der Waals surface area contributed by atoms with Crippen molar-refractivity contribution >= 4 is 23.1 Å². The van der Waals surface area contributed by atoms with Crippen molar-refractivity contribution in [2.24, 2.45) is 0 Å². The molecule has 2 amide bonds. The molecule has 0 bridgehead atoms. The summed E-state index contributed by atoms with van der Waals surface area (Å²) < 4.78 is 8.77. The summed E-state index contributed by atoms with van der Waals surface area (Å²) in [6.45, 7) is 2.81. The number of imide groups is 1. The van der Waals surface area contributed by atoms with E-state index in [-0.39, 0.29) is 35.0 Å². The molecule has 1 N–H and O–H groups in total. The van der Waals surface area contributed by atoms with Crippen LogP contribution >= 0.6 is 0 Å². The van der Waals surface area contributed by atoms with E-state index in [1.54, 1.807) is 29.1 Å². The second-order valence-electron chi connectivity index (χ2n) is 8.55. The number of nitrogens with one attached hydrogen (secondary N) is 1. The Bertz CT molecular complexity index is 1300. The van der Waals surface area contributed by atoms with Crippen molar-refractivity contribution < 1.29 is 18.9 Å². The van der Waals surface area contributed by atoms with Gasteiger partial charge in [0.1, 0.15) is 5.57 Å². The van der Waals surface area contributed by atoms with Gasteiger partial charge in [-0.15, -0.1) is 0 Å².